The molecule has 154 valence electrons. The second-order valence-electron chi connectivity index (χ2n) is 9.07. The fourth-order valence-corrected chi connectivity index (χ4v) is 8.30. The molecule has 4 rings (SSSR count). The lowest BCUT2D eigenvalue weighted by Gasteiger charge is -2.39. The minimum atomic E-state index is -3.50. The Morgan fingerprint density at radius 3 is 2.37 bits per heavy atom. The van der Waals surface area contributed by atoms with Crippen molar-refractivity contribution in [1.82, 2.24) is 15.4 Å². The standard InChI is InChI=1S/C19H33N3O4S/c23-19(24)14-9-12-3-2-6-16(12)17(11-14)27(25,26)22-15-5-1-4-13(10-15)18-20-7-8-21-18/h12-18,20-22H,1-11H2,(H,23,24). The summed E-state index contributed by atoms with van der Waals surface area (Å²) in [6.45, 7) is 1.94. The maximum atomic E-state index is 13.3. The van der Waals surface area contributed by atoms with Gasteiger partial charge in [-0.1, -0.05) is 19.3 Å². The first-order chi connectivity index (χ1) is 12.9. The molecule has 27 heavy (non-hydrogen) atoms. The zero-order valence-corrected chi connectivity index (χ0v) is 16.7. The van der Waals surface area contributed by atoms with Gasteiger partial charge < -0.3 is 15.7 Å². The largest absolute Gasteiger partial charge is 0.481 e. The molecule has 0 amide bonds. The summed E-state index contributed by atoms with van der Waals surface area (Å²) >= 11 is 0. The average Bonchev–Trinajstić information content (AvgIpc) is 3.32. The Hall–Kier alpha value is -0.700. The minimum absolute atomic E-state index is 0.0250. The van der Waals surface area contributed by atoms with Crippen molar-refractivity contribution in [3.8, 4) is 0 Å². The number of carbonyl (C=O) groups is 1. The molecule has 7 nitrogen and oxygen atoms in total. The summed E-state index contributed by atoms with van der Waals surface area (Å²) in [5.41, 5.74) is 0. The van der Waals surface area contributed by atoms with Gasteiger partial charge in [0.25, 0.3) is 0 Å². The van der Waals surface area contributed by atoms with Crippen LogP contribution in [0.2, 0.25) is 0 Å². The van der Waals surface area contributed by atoms with Crippen LogP contribution < -0.4 is 15.4 Å². The molecule has 1 heterocycles. The molecule has 0 aromatic carbocycles. The molecule has 6 atom stereocenters. The van der Waals surface area contributed by atoms with E-state index in [1.807, 2.05) is 0 Å². The van der Waals surface area contributed by atoms with Gasteiger partial charge in [0, 0.05) is 19.1 Å². The van der Waals surface area contributed by atoms with Crippen LogP contribution in [0.4, 0.5) is 0 Å². The first kappa shape index (κ1) is 19.6. The van der Waals surface area contributed by atoms with Crippen LogP contribution in [0, 0.1) is 23.7 Å². The molecule has 4 aliphatic rings. The lowest BCUT2D eigenvalue weighted by Crippen LogP contribution is -2.51. The quantitative estimate of drug-likeness (QED) is 0.554. The van der Waals surface area contributed by atoms with Crippen LogP contribution in [0.15, 0.2) is 0 Å². The number of hydrogen-bond acceptors (Lipinski definition) is 5. The molecule has 0 radical (unpaired) electrons. The molecule has 0 spiro atoms. The molecule has 3 saturated carbocycles. The van der Waals surface area contributed by atoms with E-state index in [1.165, 1.54) is 0 Å². The van der Waals surface area contributed by atoms with Gasteiger partial charge in [0.05, 0.1) is 17.3 Å². The molecular weight excluding hydrogens is 366 g/mol. The highest BCUT2D eigenvalue weighted by Gasteiger charge is 2.48. The Bertz CT molecular complexity index is 649. The predicted octanol–water partition coefficient (Wildman–Crippen LogP) is 1.26. The van der Waals surface area contributed by atoms with Crippen LogP contribution in [0.3, 0.4) is 0 Å². The van der Waals surface area contributed by atoms with Crippen molar-refractivity contribution in [2.45, 2.75) is 75.2 Å². The monoisotopic (exact) mass is 399 g/mol. The molecular formula is C19H33N3O4S. The maximum absolute atomic E-state index is 13.3. The van der Waals surface area contributed by atoms with Crippen molar-refractivity contribution in [1.29, 1.82) is 0 Å². The van der Waals surface area contributed by atoms with E-state index in [4.69, 9.17) is 0 Å². The van der Waals surface area contributed by atoms with Gasteiger partial charge in [-0.25, -0.2) is 13.1 Å². The Morgan fingerprint density at radius 2 is 1.63 bits per heavy atom. The summed E-state index contributed by atoms with van der Waals surface area (Å²) in [6, 6.07) is -0.0250. The van der Waals surface area contributed by atoms with Gasteiger partial charge >= 0.3 is 5.97 Å². The number of rotatable bonds is 5. The van der Waals surface area contributed by atoms with E-state index in [-0.39, 0.29) is 24.3 Å². The molecule has 0 bridgehead atoms. The summed E-state index contributed by atoms with van der Waals surface area (Å²) in [5.74, 6) is -0.511. The molecule has 0 aromatic rings. The summed E-state index contributed by atoms with van der Waals surface area (Å²) in [6.07, 6.45) is 8.03. The number of fused-ring (bicyclic) bond motifs is 1. The van der Waals surface area contributed by atoms with Crippen molar-refractivity contribution in [2.75, 3.05) is 13.1 Å². The third-order valence-corrected chi connectivity index (χ3v) is 9.42. The lowest BCUT2D eigenvalue weighted by molar-refractivity contribution is -0.143. The summed E-state index contributed by atoms with van der Waals surface area (Å²) in [7, 11) is -3.50. The second kappa shape index (κ2) is 7.97. The molecule has 3 aliphatic carbocycles. The SMILES string of the molecule is O=C(O)C1CC2CCCC2C(S(=O)(=O)NC2CCCC(C3NCCN3)C2)C1. The van der Waals surface area contributed by atoms with Gasteiger partial charge in [-0.05, 0) is 56.3 Å². The average molecular weight is 400 g/mol. The lowest BCUT2D eigenvalue weighted by atomic mass is 9.75. The van der Waals surface area contributed by atoms with Crippen molar-refractivity contribution in [3.63, 3.8) is 0 Å². The molecule has 6 unspecified atom stereocenters. The number of carboxylic acids is 1. The van der Waals surface area contributed by atoms with Crippen LogP contribution in [0.25, 0.3) is 0 Å². The molecule has 4 N–H and O–H groups in total. The first-order valence-electron chi connectivity index (χ1n) is 10.6. The summed E-state index contributed by atoms with van der Waals surface area (Å²) in [5, 5.41) is 15.9. The van der Waals surface area contributed by atoms with Gasteiger partial charge in [-0.15, -0.1) is 0 Å². The van der Waals surface area contributed by atoms with E-state index >= 15 is 0 Å². The van der Waals surface area contributed by atoms with Crippen LogP contribution in [-0.4, -0.2) is 50.0 Å². The number of sulfonamides is 1. The molecule has 1 aliphatic heterocycles. The second-order valence-corrected chi connectivity index (χ2v) is 11.0. The van der Waals surface area contributed by atoms with E-state index in [0.717, 1.165) is 58.0 Å². The van der Waals surface area contributed by atoms with Crippen LogP contribution in [0.1, 0.15) is 57.8 Å². The maximum Gasteiger partial charge on any atom is 0.306 e. The fraction of sp³-hybridized carbons (Fsp3) is 0.947. The minimum Gasteiger partial charge on any atom is -0.481 e. The van der Waals surface area contributed by atoms with Crippen LogP contribution >= 0.6 is 0 Å². The number of nitrogens with one attached hydrogen (secondary N) is 3. The van der Waals surface area contributed by atoms with E-state index in [0.29, 0.717) is 18.5 Å². The van der Waals surface area contributed by atoms with Gasteiger partial charge in [-0.2, -0.15) is 0 Å². The van der Waals surface area contributed by atoms with E-state index < -0.39 is 27.2 Å². The van der Waals surface area contributed by atoms with Crippen molar-refractivity contribution in [2.24, 2.45) is 23.7 Å². The molecule has 8 heteroatoms. The van der Waals surface area contributed by atoms with Crippen molar-refractivity contribution >= 4 is 16.0 Å². The smallest absolute Gasteiger partial charge is 0.306 e. The molecule has 4 fully saturated rings. The first-order valence-corrected chi connectivity index (χ1v) is 12.2. The molecule has 0 aromatic heterocycles. The Labute approximate surface area is 162 Å². The van der Waals surface area contributed by atoms with Gasteiger partial charge in [0.2, 0.25) is 10.0 Å². The van der Waals surface area contributed by atoms with Crippen molar-refractivity contribution < 1.29 is 18.3 Å². The Kier molecular flexibility index (Phi) is 5.79. The normalized spacial score (nSPS) is 40.7. The Balaban J connectivity index is 1.44. The third-order valence-electron chi connectivity index (χ3n) is 7.42. The highest BCUT2D eigenvalue weighted by atomic mass is 32.2. The van der Waals surface area contributed by atoms with E-state index in [9.17, 15) is 18.3 Å². The highest BCUT2D eigenvalue weighted by Crippen LogP contribution is 2.47. The predicted molar refractivity (Wildman–Crippen MR) is 103 cm³/mol. The number of hydrogen-bond donors (Lipinski definition) is 4. The highest BCUT2D eigenvalue weighted by molar-refractivity contribution is 7.90. The van der Waals surface area contributed by atoms with Crippen molar-refractivity contribution in [3.05, 3.63) is 0 Å². The van der Waals surface area contributed by atoms with Gasteiger partial charge in [0.1, 0.15) is 0 Å². The van der Waals surface area contributed by atoms with Crippen LogP contribution in [0.5, 0.6) is 0 Å². The fourth-order valence-electron chi connectivity index (χ4n) is 6.14. The Morgan fingerprint density at radius 1 is 0.926 bits per heavy atom. The zero-order chi connectivity index (χ0) is 19.0. The number of aliphatic carboxylic acids is 1. The molecule has 1 saturated heterocycles. The van der Waals surface area contributed by atoms with Gasteiger partial charge in [0.15, 0.2) is 0 Å². The van der Waals surface area contributed by atoms with E-state index in [1.54, 1.807) is 0 Å². The summed E-state index contributed by atoms with van der Waals surface area (Å²) < 4.78 is 29.5. The van der Waals surface area contributed by atoms with Gasteiger partial charge in [-0.3, -0.25) is 4.79 Å². The zero-order valence-electron chi connectivity index (χ0n) is 15.9. The third kappa shape index (κ3) is 4.18. The number of carboxylic acid groups (broad SMARTS) is 1. The van der Waals surface area contributed by atoms with Crippen LogP contribution in [-0.2, 0) is 14.8 Å². The topological polar surface area (TPSA) is 108 Å². The summed E-state index contributed by atoms with van der Waals surface area (Å²) in [4.78, 5) is 11.6. The van der Waals surface area contributed by atoms with E-state index in [2.05, 4.69) is 15.4 Å².